The number of hydrogen-bond donors (Lipinski definition) is 0. The van der Waals surface area contributed by atoms with Crippen LogP contribution in [0.1, 0.15) is 37.7 Å². The molecule has 1 aromatic rings. The lowest BCUT2D eigenvalue weighted by atomic mass is 9.80. The number of hydrogen-bond acceptors (Lipinski definition) is 4. The quantitative estimate of drug-likeness (QED) is 0.560. The van der Waals surface area contributed by atoms with Gasteiger partial charge in [-0.1, -0.05) is 0 Å². The highest BCUT2D eigenvalue weighted by molar-refractivity contribution is 6.60. The molecule has 0 N–H and O–H groups in total. The Morgan fingerprint density at radius 1 is 1.50 bits per heavy atom. The third-order valence-electron chi connectivity index (χ3n) is 2.56. The summed E-state index contributed by atoms with van der Waals surface area (Å²) in [5, 5.41) is 0. The molecule has 1 atom stereocenters. The van der Waals surface area contributed by atoms with Crippen LogP contribution in [0.5, 0.6) is 0 Å². The minimum Gasteiger partial charge on any atom is -0.462 e. The fourth-order valence-corrected chi connectivity index (χ4v) is 2.00. The molecular weight excluding hydrogens is 207 g/mol. The highest BCUT2D eigenvalue weighted by Gasteiger charge is 2.40. The molecular formula is C11H15BO4. The lowest BCUT2D eigenvalue weighted by Crippen LogP contribution is -2.51. The van der Waals surface area contributed by atoms with Crippen LogP contribution in [0.25, 0.3) is 0 Å². The standard InChI is InChI=1S/C11H15BO4/c1-8-6-11(2,3)16-12(15-8)10-5-4-9(7-13)14-10/h4-5,7-8H,6H2,1-3H3. The normalized spacial score (nSPS) is 24.4. The molecule has 0 aromatic carbocycles. The summed E-state index contributed by atoms with van der Waals surface area (Å²) in [4.78, 5) is 10.5. The fourth-order valence-electron chi connectivity index (χ4n) is 2.00. The van der Waals surface area contributed by atoms with Gasteiger partial charge in [-0.3, -0.25) is 4.79 Å². The molecule has 1 aliphatic rings. The Balaban J connectivity index is 2.17. The van der Waals surface area contributed by atoms with Crippen molar-refractivity contribution in [3.63, 3.8) is 0 Å². The molecule has 0 bridgehead atoms. The summed E-state index contributed by atoms with van der Waals surface area (Å²) in [7, 11) is -0.521. The summed E-state index contributed by atoms with van der Waals surface area (Å²) in [6.07, 6.45) is 1.62. The number of carbonyl (C=O) groups excluding carboxylic acids is 1. The van der Waals surface area contributed by atoms with E-state index in [1.807, 2.05) is 20.8 Å². The van der Waals surface area contributed by atoms with Crippen molar-refractivity contribution in [1.29, 1.82) is 0 Å². The Hall–Kier alpha value is -1.07. The van der Waals surface area contributed by atoms with Crippen LogP contribution in [0.3, 0.4) is 0 Å². The number of aldehydes is 1. The molecule has 2 rings (SSSR count). The van der Waals surface area contributed by atoms with E-state index in [1.165, 1.54) is 0 Å². The molecule has 0 radical (unpaired) electrons. The number of rotatable bonds is 2. The van der Waals surface area contributed by atoms with Crippen molar-refractivity contribution in [3.05, 3.63) is 17.9 Å². The molecule has 2 heterocycles. The average Bonchev–Trinajstić information content (AvgIpc) is 2.62. The van der Waals surface area contributed by atoms with Gasteiger partial charge in [-0.15, -0.1) is 0 Å². The van der Waals surface area contributed by atoms with Crippen molar-refractivity contribution < 1.29 is 18.5 Å². The van der Waals surface area contributed by atoms with Crippen LogP contribution < -0.4 is 5.66 Å². The van der Waals surface area contributed by atoms with Gasteiger partial charge in [0.05, 0.1) is 5.60 Å². The summed E-state index contributed by atoms with van der Waals surface area (Å²) in [5.41, 5.74) is 0.304. The molecule has 5 heteroatoms. The van der Waals surface area contributed by atoms with Crippen LogP contribution in [-0.2, 0) is 9.31 Å². The lowest BCUT2D eigenvalue weighted by molar-refractivity contribution is -0.0245. The molecule has 16 heavy (non-hydrogen) atoms. The summed E-state index contributed by atoms with van der Waals surface area (Å²) >= 11 is 0. The van der Waals surface area contributed by atoms with Crippen molar-refractivity contribution in [2.24, 2.45) is 0 Å². The van der Waals surface area contributed by atoms with Crippen molar-refractivity contribution in [2.75, 3.05) is 0 Å². The predicted molar refractivity (Wildman–Crippen MR) is 59.8 cm³/mol. The van der Waals surface area contributed by atoms with Gasteiger partial charge in [-0.2, -0.15) is 0 Å². The molecule has 1 aliphatic heterocycles. The highest BCUT2D eigenvalue weighted by atomic mass is 16.6. The third kappa shape index (κ3) is 2.36. The molecule has 0 saturated carbocycles. The summed E-state index contributed by atoms with van der Waals surface area (Å²) in [5.74, 6) is 0.290. The maximum Gasteiger partial charge on any atom is 0.532 e. The van der Waals surface area contributed by atoms with Crippen molar-refractivity contribution in [2.45, 2.75) is 38.9 Å². The van der Waals surface area contributed by atoms with Crippen molar-refractivity contribution in [3.8, 4) is 0 Å². The second kappa shape index (κ2) is 4.07. The van der Waals surface area contributed by atoms with Gasteiger partial charge in [0.2, 0.25) is 0 Å². The summed E-state index contributed by atoms with van der Waals surface area (Å²) in [6, 6.07) is 3.32. The Morgan fingerprint density at radius 2 is 2.25 bits per heavy atom. The van der Waals surface area contributed by atoms with Crippen LogP contribution in [-0.4, -0.2) is 25.1 Å². The second-order valence-corrected chi connectivity index (χ2v) is 4.72. The SMILES string of the molecule is CC1CC(C)(C)OB(c2ccc(C=O)o2)O1. The van der Waals surface area contributed by atoms with E-state index in [2.05, 4.69) is 0 Å². The largest absolute Gasteiger partial charge is 0.532 e. The molecule has 1 saturated heterocycles. The van der Waals surface area contributed by atoms with E-state index in [0.717, 1.165) is 6.42 Å². The summed E-state index contributed by atoms with van der Waals surface area (Å²) in [6.45, 7) is 6.03. The predicted octanol–water partition coefficient (Wildman–Crippen LogP) is 1.39. The van der Waals surface area contributed by atoms with E-state index < -0.39 is 7.12 Å². The van der Waals surface area contributed by atoms with Crippen LogP contribution in [0.4, 0.5) is 0 Å². The van der Waals surface area contributed by atoms with Crippen LogP contribution in [0.2, 0.25) is 0 Å². The Morgan fingerprint density at radius 3 is 2.81 bits per heavy atom. The highest BCUT2D eigenvalue weighted by Crippen LogP contribution is 2.25. The average molecular weight is 222 g/mol. The van der Waals surface area contributed by atoms with Crippen LogP contribution in [0.15, 0.2) is 16.5 Å². The van der Waals surface area contributed by atoms with E-state index in [-0.39, 0.29) is 11.7 Å². The smallest absolute Gasteiger partial charge is 0.462 e. The second-order valence-electron chi connectivity index (χ2n) is 4.72. The Labute approximate surface area is 95.1 Å². The molecule has 0 spiro atoms. The molecule has 0 amide bonds. The Bertz CT molecular complexity index is 385. The molecule has 0 aliphatic carbocycles. The van der Waals surface area contributed by atoms with E-state index in [4.69, 9.17) is 13.7 Å². The molecule has 1 fully saturated rings. The molecule has 4 nitrogen and oxygen atoms in total. The van der Waals surface area contributed by atoms with Gasteiger partial charge in [0.1, 0.15) is 5.66 Å². The van der Waals surface area contributed by atoms with Gasteiger partial charge in [0.15, 0.2) is 12.0 Å². The van der Waals surface area contributed by atoms with E-state index in [9.17, 15) is 4.79 Å². The van der Waals surface area contributed by atoms with Gasteiger partial charge in [0, 0.05) is 6.10 Å². The number of carbonyl (C=O) groups is 1. The summed E-state index contributed by atoms with van der Waals surface area (Å²) < 4.78 is 16.7. The van der Waals surface area contributed by atoms with E-state index in [1.54, 1.807) is 12.1 Å². The van der Waals surface area contributed by atoms with Gasteiger partial charge in [-0.05, 0) is 39.3 Å². The van der Waals surface area contributed by atoms with E-state index in [0.29, 0.717) is 17.7 Å². The first-order chi connectivity index (χ1) is 7.50. The number of furan rings is 1. The molecule has 1 unspecified atom stereocenters. The minimum absolute atomic E-state index is 0.110. The van der Waals surface area contributed by atoms with Gasteiger partial charge < -0.3 is 13.7 Å². The fraction of sp³-hybridized carbons (Fsp3) is 0.545. The first-order valence-corrected chi connectivity index (χ1v) is 5.38. The first-order valence-electron chi connectivity index (χ1n) is 5.38. The zero-order valence-electron chi connectivity index (χ0n) is 9.73. The third-order valence-corrected chi connectivity index (χ3v) is 2.56. The van der Waals surface area contributed by atoms with Gasteiger partial charge in [0.25, 0.3) is 0 Å². The zero-order chi connectivity index (χ0) is 11.8. The topological polar surface area (TPSA) is 48.7 Å². The Kier molecular flexibility index (Phi) is 2.91. The maximum atomic E-state index is 10.5. The monoisotopic (exact) mass is 222 g/mol. The zero-order valence-corrected chi connectivity index (χ0v) is 9.73. The van der Waals surface area contributed by atoms with E-state index >= 15 is 0 Å². The van der Waals surface area contributed by atoms with Crippen molar-refractivity contribution in [1.82, 2.24) is 0 Å². The van der Waals surface area contributed by atoms with Crippen LogP contribution in [0, 0.1) is 0 Å². The molecule has 86 valence electrons. The van der Waals surface area contributed by atoms with Gasteiger partial charge in [-0.25, -0.2) is 0 Å². The lowest BCUT2D eigenvalue weighted by Gasteiger charge is -2.37. The van der Waals surface area contributed by atoms with Crippen molar-refractivity contribution >= 4 is 19.1 Å². The molecule has 1 aromatic heterocycles. The maximum absolute atomic E-state index is 10.5. The van der Waals surface area contributed by atoms with Crippen LogP contribution >= 0.6 is 0 Å². The first kappa shape index (κ1) is 11.4. The van der Waals surface area contributed by atoms with Gasteiger partial charge >= 0.3 is 7.12 Å². The minimum atomic E-state index is -0.521.